The minimum atomic E-state index is -0.829. The first kappa shape index (κ1) is 41.6. The van der Waals surface area contributed by atoms with Gasteiger partial charge in [0.1, 0.15) is 6.10 Å². The Morgan fingerprint density at radius 3 is 2.11 bits per heavy atom. The summed E-state index contributed by atoms with van der Waals surface area (Å²) < 4.78 is 6.49. The fourth-order valence-electron chi connectivity index (χ4n) is 14.9. The van der Waals surface area contributed by atoms with E-state index in [2.05, 4.69) is 98.8 Å². The lowest BCUT2D eigenvalue weighted by molar-refractivity contribution is -0.273. The summed E-state index contributed by atoms with van der Waals surface area (Å²) in [6.07, 6.45) is 7.74. The number of hydrogen-bond acceptors (Lipinski definition) is 6. The number of fused-ring (bicyclic) bond motifs is 7. The van der Waals surface area contributed by atoms with Crippen LogP contribution in [0.5, 0.6) is 0 Å². The summed E-state index contributed by atoms with van der Waals surface area (Å²) in [5, 5.41) is 25.8. The molecule has 6 aliphatic rings. The summed E-state index contributed by atoms with van der Waals surface area (Å²) in [5.74, 6) is -0.881. The second-order valence-corrected chi connectivity index (χ2v) is 22.6. The number of aliphatic carboxylic acids is 1. The summed E-state index contributed by atoms with van der Waals surface area (Å²) >= 11 is 0. The van der Waals surface area contributed by atoms with E-state index in [4.69, 9.17) is 4.74 Å². The third-order valence-electron chi connectivity index (χ3n) is 19.5. The standard InChI is InChI=1S/C49H73NO6/c1-29(2)38-34(51)27-49(36(52)28-50-44(7,8)30-16-14-13-15-17-30)25-23-45(9)31(39(38)49)18-19-35-46(45,10)22-24-48(12)43(5,6)37(20-21-47(35,48)11)56-41(55)33-26-32(40(53)54)42(33,3)4/h13-17,29,31-33,35-37,50,52H,18-28H2,1-12H3,(H,53,54)/t31-,32+,33-,35+,36+,37+,45-,46-,47-,48+,49+/m1/s1. The van der Waals surface area contributed by atoms with E-state index in [1.54, 1.807) is 0 Å². The van der Waals surface area contributed by atoms with Gasteiger partial charge >= 0.3 is 11.9 Å². The number of ether oxygens (including phenoxy) is 1. The molecule has 0 saturated heterocycles. The molecule has 7 rings (SSSR count). The van der Waals surface area contributed by atoms with Crippen molar-refractivity contribution in [3.8, 4) is 0 Å². The Labute approximate surface area is 337 Å². The molecule has 7 heteroatoms. The lowest BCUT2D eigenvalue weighted by Gasteiger charge is -2.75. The number of benzene rings is 1. The topological polar surface area (TPSA) is 113 Å². The van der Waals surface area contributed by atoms with Crippen LogP contribution < -0.4 is 5.32 Å². The van der Waals surface area contributed by atoms with Crippen molar-refractivity contribution in [2.24, 2.45) is 67.5 Å². The number of aliphatic hydroxyl groups is 1. The van der Waals surface area contributed by atoms with Gasteiger partial charge in [0.2, 0.25) is 0 Å². The van der Waals surface area contributed by atoms with Crippen LogP contribution in [0.3, 0.4) is 0 Å². The predicted octanol–water partition coefficient (Wildman–Crippen LogP) is 9.90. The highest BCUT2D eigenvalue weighted by Crippen LogP contribution is 2.80. The summed E-state index contributed by atoms with van der Waals surface area (Å²) in [5.41, 5.74) is 1.69. The first-order valence-corrected chi connectivity index (χ1v) is 22.1. The van der Waals surface area contributed by atoms with E-state index < -0.39 is 28.8 Å². The van der Waals surface area contributed by atoms with Crippen molar-refractivity contribution < 1.29 is 29.3 Å². The lowest BCUT2D eigenvalue weighted by Crippen LogP contribution is -2.70. The van der Waals surface area contributed by atoms with Crippen molar-refractivity contribution in [3.63, 3.8) is 0 Å². The first-order valence-electron chi connectivity index (χ1n) is 22.1. The maximum atomic E-state index is 14.2. The molecule has 3 N–H and O–H groups in total. The van der Waals surface area contributed by atoms with Crippen LogP contribution in [0.1, 0.15) is 153 Å². The Morgan fingerprint density at radius 1 is 0.857 bits per heavy atom. The molecule has 11 atom stereocenters. The van der Waals surface area contributed by atoms with Gasteiger partial charge < -0.3 is 20.3 Å². The average molecular weight is 772 g/mol. The van der Waals surface area contributed by atoms with Crippen molar-refractivity contribution >= 4 is 17.7 Å². The summed E-state index contributed by atoms with van der Waals surface area (Å²) in [6, 6.07) is 10.4. The van der Waals surface area contributed by atoms with Crippen LogP contribution in [0.2, 0.25) is 0 Å². The molecule has 310 valence electrons. The van der Waals surface area contributed by atoms with Gasteiger partial charge in [0.15, 0.2) is 5.78 Å². The molecule has 0 amide bonds. The quantitative estimate of drug-likeness (QED) is 0.214. The zero-order valence-electron chi connectivity index (χ0n) is 36.7. The molecule has 0 aliphatic heterocycles. The molecule has 0 radical (unpaired) electrons. The molecule has 7 nitrogen and oxygen atoms in total. The van der Waals surface area contributed by atoms with Gasteiger partial charge in [-0.2, -0.15) is 0 Å². The van der Waals surface area contributed by atoms with Gasteiger partial charge in [0, 0.05) is 29.3 Å². The molecule has 0 bridgehead atoms. The fourth-order valence-corrected chi connectivity index (χ4v) is 14.9. The number of hydrogen-bond donors (Lipinski definition) is 3. The Balaban J connectivity index is 1.16. The van der Waals surface area contributed by atoms with Gasteiger partial charge in [0.25, 0.3) is 0 Å². The number of carboxylic acids is 1. The van der Waals surface area contributed by atoms with Crippen LogP contribution in [0.25, 0.3) is 0 Å². The van der Waals surface area contributed by atoms with Gasteiger partial charge in [-0.3, -0.25) is 14.4 Å². The number of ketones is 1. The number of allylic oxidation sites excluding steroid dienone is 1. The van der Waals surface area contributed by atoms with E-state index in [0.29, 0.717) is 25.3 Å². The van der Waals surface area contributed by atoms with Crippen LogP contribution in [0.4, 0.5) is 0 Å². The largest absolute Gasteiger partial charge is 0.481 e. The zero-order valence-corrected chi connectivity index (χ0v) is 36.7. The predicted molar refractivity (Wildman–Crippen MR) is 220 cm³/mol. The number of rotatable bonds is 9. The van der Waals surface area contributed by atoms with E-state index in [0.717, 1.165) is 56.9 Å². The second-order valence-electron chi connectivity index (χ2n) is 22.6. The van der Waals surface area contributed by atoms with Gasteiger partial charge in [0.05, 0.1) is 17.9 Å². The van der Waals surface area contributed by atoms with Gasteiger partial charge in [-0.1, -0.05) is 105 Å². The van der Waals surface area contributed by atoms with Crippen molar-refractivity contribution in [2.45, 2.75) is 165 Å². The Hall–Kier alpha value is -2.51. The third-order valence-corrected chi connectivity index (χ3v) is 19.5. The molecular weight excluding hydrogens is 699 g/mol. The Morgan fingerprint density at radius 2 is 1.50 bits per heavy atom. The van der Waals surface area contributed by atoms with E-state index in [1.165, 1.54) is 11.1 Å². The van der Waals surface area contributed by atoms with Crippen LogP contribution >= 0.6 is 0 Å². The van der Waals surface area contributed by atoms with Crippen LogP contribution in [0, 0.1) is 67.5 Å². The first-order chi connectivity index (χ1) is 25.9. The molecule has 56 heavy (non-hydrogen) atoms. The molecule has 0 spiro atoms. The van der Waals surface area contributed by atoms with Crippen LogP contribution in [-0.2, 0) is 24.7 Å². The number of esters is 1. The molecular formula is C49H73NO6. The van der Waals surface area contributed by atoms with E-state index in [9.17, 15) is 24.6 Å². The lowest BCUT2D eigenvalue weighted by atomic mass is 9.29. The van der Waals surface area contributed by atoms with Crippen molar-refractivity contribution in [2.75, 3.05) is 6.54 Å². The smallest absolute Gasteiger partial charge is 0.309 e. The molecule has 1 aromatic carbocycles. The highest BCUT2D eigenvalue weighted by Gasteiger charge is 2.74. The van der Waals surface area contributed by atoms with Crippen LogP contribution in [-0.4, -0.2) is 46.7 Å². The van der Waals surface area contributed by atoms with Crippen LogP contribution in [0.15, 0.2) is 41.5 Å². The van der Waals surface area contributed by atoms with Crippen molar-refractivity contribution in [3.05, 3.63) is 47.0 Å². The monoisotopic (exact) mass is 772 g/mol. The number of carbonyl (C=O) groups excluding carboxylic acids is 2. The summed E-state index contributed by atoms with van der Waals surface area (Å²) in [6.45, 7) is 27.8. The second kappa shape index (κ2) is 13.2. The molecule has 0 aromatic heterocycles. The van der Waals surface area contributed by atoms with Crippen molar-refractivity contribution in [1.82, 2.24) is 5.32 Å². The van der Waals surface area contributed by atoms with Gasteiger partial charge in [-0.25, -0.2) is 0 Å². The number of carbonyl (C=O) groups is 3. The zero-order chi connectivity index (χ0) is 41.2. The maximum absolute atomic E-state index is 14.2. The maximum Gasteiger partial charge on any atom is 0.309 e. The molecule has 5 fully saturated rings. The SMILES string of the molecule is CC(C)C1=C2[C@H]3CC[C@@H]4[C@@]5(C)CC[C@H](OC(=O)[C@H]6C[C@@H](C(=O)O)C6(C)C)C(C)(C)[C@]5(C)CC[C@@]4(C)[C@]3(C)CC[C@@]2([C@@H](O)CNC(C)(C)c2ccccc2)CC1=O. The van der Waals surface area contributed by atoms with E-state index in [1.807, 2.05) is 19.9 Å². The van der Waals surface area contributed by atoms with E-state index in [-0.39, 0.29) is 68.2 Å². The number of carboxylic acid groups (broad SMARTS) is 1. The Bertz CT molecular complexity index is 1790. The Kier molecular flexibility index (Phi) is 9.85. The molecule has 0 unspecified atom stereocenters. The molecule has 0 heterocycles. The highest BCUT2D eigenvalue weighted by molar-refractivity contribution is 6.00. The number of Topliss-reactive ketones (excluding diaryl/α,β-unsaturated/α-hetero) is 1. The summed E-state index contributed by atoms with van der Waals surface area (Å²) in [4.78, 5) is 39.8. The number of aliphatic hydroxyl groups excluding tert-OH is 1. The van der Waals surface area contributed by atoms with Gasteiger partial charge in [-0.05, 0) is 128 Å². The minimum absolute atomic E-state index is 0.0201. The number of nitrogens with one attached hydrogen (secondary N) is 1. The average Bonchev–Trinajstić information content (AvgIpc) is 3.43. The van der Waals surface area contributed by atoms with Crippen molar-refractivity contribution in [1.29, 1.82) is 0 Å². The molecule has 1 aromatic rings. The molecule has 6 aliphatic carbocycles. The minimum Gasteiger partial charge on any atom is -0.481 e. The van der Waals surface area contributed by atoms with E-state index >= 15 is 0 Å². The fraction of sp³-hybridized carbons (Fsp3) is 0.776. The normalized spacial score (nSPS) is 41.8. The third kappa shape index (κ3) is 5.50. The van der Waals surface area contributed by atoms with Gasteiger partial charge in [-0.15, -0.1) is 0 Å². The summed E-state index contributed by atoms with van der Waals surface area (Å²) in [7, 11) is 0. The molecule has 5 saturated carbocycles. The highest BCUT2D eigenvalue weighted by atomic mass is 16.5.